The third kappa shape index (κ3) is 2.52. The molecule has 3 nitrogen and oxygen atoms in total. The second kappa shape index (κ2) is 4.25. The summed E-state index contributed by atoms with van der Waals surface area (Å²) in [6.07, 6.45) is 11.0. The Morgan fingerprint density at radius 1 is 1.13 bits per heavy atom. The summed E-state index contributed by atoms with van der Waals surface area (Å²) in [7, 11) is 0. The molecule has 2 aliphatic rings. The molecule has 0 aromatic rings. The zero-order chi connectivity index (χ0) is 10.7. The van der Waals surface area contributed by atoms with E-state index >= 15 is 0 Å². The van der Waals surface area contributed by atoms with E-state index in [1.807, 2.05) is 0 Å². The molecular formula is C12H19NO2. The van der Waals surface area contributed by atoms with Crippen LogP contribution in [0.2, 0.25) is 0 Å². The molecule has 15 heavy (non-hydrogen) atoms. The number of hydrogen-bond acceptors (Lipinski definition) is 2. The summed E-state index contributed by atoms with van der Waals surface area (Å²) < 4.78 is 0. The summed E-state index contributed by atoms with van der Waals surface area (Å²) >= 11 is 0. The molecule has 1 heterocycles. The lowest BCUT2D eigenvalue weighted by molar-refractivity contribution is -0.131. The fourth-order valence-corrected chi connectivity index (χ4v) is 2.94. The maximum atomic E-state index is 10.4. The van der Waals surface area contributed by atoms with Gasteiger partial charge in [-0.3, -0.25) is 0 Å². The van der Waals surface area contributed by atoms with Gasteiger partial charge in [0.25, 0.3) is 0 Å². The van der Waals surface area contributed by atoms with Crippen molar-refractivity contribution in [2.45, 2.75) is 38.5 Å². The molecule has 1 spiro atoms. The van der Waals surface area contributed by atoms with E-state index in [0.717, 1.165) is 13.1 Å². The predicted molar refractivity (Wildman–Crippen MR) is 58.5 cm³/mol. The number of nitrogens with zero attached hydrogens (tertiary/aromatic N) is 1. The number of carbonyl (C=O) groups is 1. The van der Waals surface area contributed by atoms with Gasteiger partial charge in [0.15, 0.2) is 0 Å². The summed E-state index contributed by atoms with van der Waals surface area (Å²) in [4.78, 5) is 12.5. The molecule has 0 unspecified atom stereocenters. The first kappa shape index (κ1) is 10.5. The Labute approximate surface area is 90.8 Å². The molecule has 2 fully saturated rings. The van der Waals surface area contributed by atoms with E-state index in [4.69, 9.17) is 5.11 Å². The number of aliphatic carboxylic acids is 1. The maximum absolute atomic E-state index is 10.4. The van der Waals surface area contributed by atoms with Crippen LogP contribution in [0.1, 0.15) is 38.5 Å². The summed E-state index contributed by atoms with van der Waals surface area (Å²) in [5.74, 6) is -0.851. The second-order valence-electron chi connectivity index (χ2n) is 4.90. The van der Waals surface area contributed by atoms with Crippen molar-refractivity contribution < 1.29 is 9.90 Å². The fraction of sp³-hybridized carbons (Fsp3) is 0.750. The lowest BCUT2D eigenvalue weighted by atomic mass is 9.77. The van der Waals surface area contributed by atoms with E-state index in [0.29, 0.717) is 5.41 Å². The highest BCUT2D eigenvalue weighted by Crippen LogP contribution is 2.46. The smallest absolute Gasteiger partial charge is 0.329 e. The van der Waals surface area contributed by atoms with E-state index in [9.17, 15) is 4.79 Å². The molecule has 0 amide bonds. The highest BCUT2D eigenvalue weighted by Gasteiger charge is 2.36. The van der Waals surface area contributed by atoms with Crippen LogP contribution in [0, 0.1) is 5.41 Å². The molecule has 0 aromatic carbocycles. The van der Waals surface area contributed by atoms with Crippen LogP contribution in [-0.4, -0.2) is 29.1 Å². The summed E-state index contributed by atoms with van der Waals surface area (Å²) in [5.41, 5.74) is 0.619. The Hall–Kier alpha value is -0.990. The van der Waals surface area contributed by atoms with Gasteiger partial charge in [0.05, 0.1) is 0 Å². The molecule has 1 aliphatic heterocycles. The van der Waals surface area contributed by atoms with Gasteiger partial charge >= 0.3 is 5.97 Å². The predicted octanol–water partition coefficient (Wildman–Crippen LogP) is 2.24. The van der Waals surface area contributed by atoms with Gasteiger partial charge in [-0.1, -0.05) is 12.8 Å². The van der Waals surface area contributed by atoms with E-state index in [-0.39, 0.29) is 0 Å². The van der Waals surface area contributed by atoms with Crippen molar-refractivity contribution in [3.8, 4) is 0 Å². The largest absolute Gasteiger partial charge is 0.478 e. The molecule has 1 N–H and O–H groups in total. The van der Waals surface area contributed by atoms with Crippen LogP contribution < -0.4 is 0 Å². The molecule has 0 aromatic heterocycles. The van der Waals surface area contributed by atoms with E-state index in [1.165, 1.54) is 44.6 Å². The Morgan fingerprint density at radius 3 is 2.27 bits per heavy atom. The quantitative estimate of drug-likeness (QED) is 0.709. The molecule has 0 radical (unpaired) electrons. The van der Waals surface area contributed by atoms with Crippen LogP contribution in [0.25, 0.3) is 0 Å². The minimum Gasteiger partial charge on any atom is -0.478 e. The molecule has 0 bridgehead atoms. The first-order valence-corrected chi connectivity index (χ1v) is 5.85. The third-order valence-corrected chi connectivity index (χ3v) is 3.95. The SMILES string of the molecule is O=C(O)/C=C/N1CCC2(CCCC2)CC1. The monoisotopic (exact) mass is 209 g/mol. The van der Waals surface area contributed by atoms with Crippen molar-refractivity contribution in [2.24, 2.45) is 5.41 Å². The molecule has 1 saturated carbocycles. The van der Waals surface area contributed by atoms with Gasteiger partial charge < -0.3 is 10.0 Å². The average Bonchev–Trinajstić information content (AvgIpc) is 2.66. The topological polar surface area (TPSA) is 40.5 Å². The van der Waals surface area contributed by atoms with Crippen molar-refractivity contribution in [1.82, 2.24) is 4.90 Å². The van der Waals surface area contributed by atoms with Crippen LogP contribution in [0.15, 0.2) is 12.3 Å². The highest BCUT2D eigenvalue weighted by molar-refractivity contribution is 5.79. The normalized spacial score (nSPS) is 25.2. The molecule has 3 heteroatoms. The Morgan fingerprint density at radius 2 is 1.73 bits per heavy atom. The number of rotatable bonds is 2. The lowest BCUT2D eigenvalue weighted by Crippen LogP contribution is -2.35. The van der Waals surface area contributed by atoms with Crippen molar-refractivity contribution >= 4 is 5.97 Å². The molecule has 2 rings (SSSR count). The number of carboxylic acid groups (broad SMARTS) is 1. The van der Waals surface area contributed by atoms with Gasteiger partial charge in [-0.05, 0) is 31.1 Å². The van der Waals surface area contributed by atoms with Gasteiger partial charge in [-0.25, -0.2) is 4.79 Å². The Kier molecular flexibility index (Phi) is 2.98. The van der Waals surface area contributed by atoms with Crippen molar-refractivity contribution in [2.75, 3.05) is 13.1 Å². The van der Waals surface area contributed by atoms with E-state index in [2.05, 4.69) is 4.90 Å². The molecule has 84 valence electrons. The molecular weight excluding hydrogens is 190 g/mol. The standard InChI is InChI=1S/C12H19NO2/c14-11(15)3-8-13-9-6-12(7-10-13)4-1-2-5-12/h3,8H,1-2,4-7,9-10H2,(H,14,15)/b8-3+. The minimum atomic E-state index is -0.851. The van der Waals surface area contributed by atoms with Crippen LogP contribution in [-0.2, 0) is 4.79 Å². The number of hydrogen-bond donors (Lipinski definition) is 1. The molecule has 1 saturated heterocycles. The first-order chi connectivity index (χ1) is 7.20. The van der Waals surface area contributed by atoms with Crippen LogP contribution in [0.4, 0.5) is 0 Å². The zero-order valence-electron chi connectivity index (χ0n) is 9.11. The van der Waals surface area contributed by atoms with Crippen molar-refractivity contribution in [3.63, 3.8) is 0 Å². The molecule has 1 aliphatic carbocycles. The Bertz CT molecular complexity index is 257. The van der Waals surface area contributed by atoms with Crippen molar-refractivity contribution in [3.05, 3.63) is 12.3 Å². The average molecular weight is 209 g/mol. The van der Waals surface area contributed by atoms with Crippen LogP contribution in [0.5, 0.6) is 0 Å². The van der Waals surface area contributed by atoms with Crippen LogP contribution in [0.3, 0.4) is 0 Å². The number of likely N-dealkylation sites (tertiary alicyclic amines) is 1. The maximum Gasteiger partial charge on any atom is 0.329 e. The van der Waals surface area contributed by atoms with Gasteiger partial charge in [-0.15, -0.1) is 0 Å². The fourth-order valence-electron chi connectivity index (χ4n) is 2.94. The number of carboxylic acids is 1. The third-order valence-electron chi connectivity index (χ3n) is 3.95. The summed E-state index contributed by atoms with van der Waals surface area (Å²) in [5, 5.41) is 8.54. The van der Waals surface area contributed by atoms with Crippen LogP contribution >= 0.6 is 0 Å². The van der Waals surface area contributed by atoms with Gasteiger partial charge in [0.2, 0.25) is 0 Å². The number of piperidine rings is 1. The summed E-state index contributed by atoms with van der Waals surface area (Å²) in [6, 6.07) is 0. The van der Waals surface area contributed by atoms with E-state index in [1.54, 1.807) is 6.20 Å². The van der Waals surface area contributed by atoms with Gasteiger partial charge in [0, 0.05) is 25.4 Å². The van der Waals surface area contributed by atoms with Gasteiger partial charge in [-0.2, -0.15) is 0 Å². The van der Waals surface area contributed by atoms with Gasteiger partial charge in [0.1, 0.15) is 0 Å². The second-order valence-corrected chi connectivity index (χ2v) is 4.90. The minimum absolute atomic E-state index is 0.619. The lowest BCUT2D eigenvalue weighted by Gasteiger charge is -2.38. The highest BCUT2D eigenvalue weighted by atomic mass is 16.4. The first-order valence-electron chi connectivity index (χ1n) is 5.85. The Balaban J connectivity index is 1.84. The zero-order valence-corrected chi connectivity index (χ0v) is 9.11. The van der Waals surface area contributed by atoms with E-state index < -0.39 is 5.97 Å². The molecule has 0 atom stereocenters. The summed E-state index contributed by atoms with van der Waals surface area (Å²) in [6.45, 7) is 2.06. The van der Waals surface area contributed by atoms with Crippen molar-refractivity contribution in [1.29, 1.82) is 0 Å².